The van der Waals surface area contributed by atoms with E-state index in [9.17, 15) is 4.79 Å². The van der Waals surface area contributed by atoms with Crippen LogP contribution in [0.4, 0.5) is 10.5 Å². The largest absolute Gasteiger partial charge is 0.383 e. The molecule has 0 unspecified atom stereocenters. The molecule has 1 aliphatic heterocycles. The lowest BCUT2D eigenvalue weighted by atomic mass is 9.93. The fraction of sp³-hybridized carbons (Fsp3) is 0.130. The van der Waals surface area contributed by atoms with Crippen LogP contribution in [0.5, 0.6) is 0 Å². The van der Waals surface area contributed by atoms with Gasteiger partial charge in [0.15, 0.2) is 6.19 Å². The molecule has 1 heterocycles. The van der Waals surface area contributed by atoms with Crippen molar-refractivity contribution in [3.8, 4) is 28.4 Å². The molecule has 0 saturated heterocycles. The molecule has 5 nitrogen and oxygen atoms in total. The molecule has 0 aliphatic carbocycles. The molecular formula is C23H20N4O. The number of nitrogens with zero attached hydrogens (tertiary/aromatic N) is 2. The first-order valence-electron chi connectivity index (χ1n) is 9.22. The number of amides is 2. The van der Waals surface area contributed by atoms with Crippen LogP contribution in [0.15, 0.2) is 72.8 Å². The minimum absolute atomic E-state index is 0.368. The maximum Gasteiger partial charge on any atom is 0.330 e. The standard InChI is InChI=1S/C23H20N4O/c24-16-26-23(28)27-13-12-25-22-11-10-18(14-19(22)15-27)21-9-5-4-8-20(21)17-6-2-1-3-7-17/h1-11,14,25H,12-13,15H2,(H,26,28). The zero-order valence-corrected chi connectivity index (χ0v) is 15.4. The van der Waals surface area contributed by atoms with Crippen molar-refractivity contribution in [3.05, 3.63) is 78.4 Å². The summed E-state index contributed by atoms with van der Waals surface area (Å²) in [5.74, 6) is 0. The molecule has 1 aliphatic rings. The molecule has 28 heavy (non-hydrogen) atoms. The van der Waals surface area contributed by atoms with E-state index in [1.54, 1.807) is 11.1 Å². The van der Waals surface area contributed by atoms with Gasteiger partial charge in [-0.3, -0.25) is 0 Å². The zero-order chi connectivity index (χ0) is 19.3. The highest BCUT2D eigenvalue weighted by atomic mass is 16.2. The van der Waals surface area contributed by atoms with Crippen LogP contribution in [-0.2, 0) is 6.54 Å². The normalized spacial score (nSPS) is 12.9. The van der Waals surface area contributed by atoms with Crippen molar-refractivity contribution in [1.82, 2.24) is 10.2 Å². The van der Waals surface area contributed by atoms with Crippen LogP contribution in [0, 0.1) is 11.5 Å². The third-order valence-electron chi connectivity index (χ3n) is 4.94. The average molecular weight is 368 g/mol. The van der Waals surface area contributed by atoms with Crippen molar-refractivity contribution in [3.63, 3.8) is 0 Å². The Kier molecular flexibility index (Phi) is 4.94. The molecule has 0 atom stereocenters. The summed E-state index contributed by atoms with van der Waals surface area (Å²) < 4.78 is 0. The van der Waals surface area contributed by atoms with Crippen molar-refractivity contribution < 1.29 is 4.79 Å². The number of urea groups is 1. The second kappa shape index (κ2) is 7.85. The van der Waals surface area contributed by atoms with Crippen LogP contribution in [0.2, 0.25) is 0 Å². The van der Waals surface area contributed by atoms with Crippen molar-refractivity contribution >= 4 is 11.7 Å². The smallest absolute Gasteiger partial charge is 0.330 e. The van der Waals surface area contributed by atoms with Gasteiger partial charge >= 0.3 is 6.03 Å². The monoisotopic (exact) mass is 368 g/mol. The maximum absolute atomic E-state index is 12.1. The van der Waals surface area contributed by atoms with E-state index in [1.807, 2.05) is 30.3 Å². The number of benzene rings is 3. The number of hydrogen-bond donors (Lipinski definition) is 2. The molecule has 5 heteroatoms. The molecule has 2 amide bonds. The van der Waals surface area contributed by atoms with Crippen molar-refractivity contribution in [1.29, 1.82) is 5.26 Å². The van der Waals surface area contributed by atoms with Crippen LogP contribution < -0.4 is 10.6 Å². The van der Waals surface area contributed by atoms with Gasteiger partial charge in [0.25, 0.3) is 0 Å². The molecular weight excluding hydrogens is 348 g/mol. The predicted octanol–water partition coefficient (Wildman–Crippen LogP) is 4.44. The number of nitriles is 1. The fourth-order valence-electron chi connectivity index (χ4n) is 3.58. The van der Waals surface area contributed by atoms with Gasteiger partial charge in [-0.2, -0.15) is 5.26 Å². The Hall–Kier alpha value is -3.78. The van der Waals surface area contributed by atoms with Crippen LogP contribution in [0.3, 0.4) is 0 Å². The average Bonchev–Trinajstić information content (AvgIpc) is 2.96. The Morgan fingerprint density at radius 2 is 1.68 bits per heavy atom. The number of hydrogen-bond acceptors (Lipinski definition) is 3. The van der Waals surface area contributed by atoms with E-state index >= 15 is 0 Å². The number of fused-ring (bicyclic) bond motifs is 1. The molecule has 0 aromatic heterocycles. The van der Waals surface area contributed by atoms with E-state index < -0.39 is 0 Å². The van der Waals surface area contributed by atoms with Gasteiger partial charge in [0.2, 0.25) is 0 Å². The highest BCUT2D eigenvalue weighted by Gasteiger charge is 2.19. The van der Waals surface area contributed by atoms with E-state index in [-0.39, 0.29) is 6.03 Å². The fourth-order valence-corrected chi connectivity index (χ4v) is 3.58. The summed E-state index contributed by atoms with van der Waals surface area (Å²) in [4.78, 5) is 13.8. The van der Waals surface area contributed by atoms with Gasteiger partial charge in [0.05, 0.1) is 0 Å². The number of anilines is 1. The molecule has 0 fully saturated rings. The highest BCUT2D eigenvalue weighted by molar-refractivity contribution is 5.84. The lowest BCUT2D eigenvalue weighted by Crippen LogP contribution is -2.38. The van der Waals surface area contributed by atoms with Crippen molar-refractivity contribution in [2.45, 2.75) is 6.54 Å². The third kappa shape index (κ3) is 3.53. The summed E-state index contributed by atoms with van der Waals surface area (Å²) in [6.45, 7) is 1.64. The molecule has 2 N–H and O–H groups in total. The molecule has 0 bridgehead atoms. The molecule has 0 spiro atoms. The summed E-state index contributed by atoms with van der Waals surface area (Å²) in [6.07, 6.45) is 1.71. The zero-order valence-electron chi connectivity index (χ0n) is 15.4. The van der Waals surface area contributed by atoms with Gasteiger partial charge < -0.3 is 10.2 Å². The number of nitrogens with one attached hydrogen (secondary N) is 2. The molecule has 4 rings (SSSR count). The predicted molar refractivity (Wildman–Crippen MR) is 110 cm³/mol. The SMILES string of the molecule is N#CNC(=O)N1CCNc2ccc(-c3ccccc3-c3ccccc3)cc2C1. The molecule has 3 aromatic carbocycles. The minimum Gasteiger partial charge on any atom is -0.383 e. The summed E-state index contributed by atoms with van der Waals surface area (Å²) in [6, 6.07) is 24.6. The van der Waals surface area contributed by atoms with Crippen molar-refractivity contribution in [2.24, 2.45) is 0 Å². The first-order chi connectivity index (χ1) is 13.8. The summed E-state index contributed by atoms with van der Waals surface area (Å²) in [5, 5.41) is 14.3. The Morgan fingerprint density at radius 3 is 2.43 bits per heavy atom. The van der Waals surface area contributed by atoms with Crippen LogP contribution in [0.25, 0.3) is 22.3 Å². The highest BCUT2D eigenvalue weighted by Crippen LogP contribution is 2.34. The number of carbonyl (C=O) groups is 1. The Bertz CT molecular complexity index is 1040. The van der Waals surface area contributed by atoms with Crippen LogP contribution in [0.1, 0.15) is 5.56 Å². The van der Waals surface area contributed by atoms with E-state index in [4.69, 9.17) is 5.26 Å². The second-order valence-electron chi connectivity index (χ2n) is 6.67. The van der Waals surface area contributed by atoms with Gasteiger partial charge in [-0.1, -0.05) is 60.7 Å². The van der Waals surface area contributed by atoms with E-state index in [0.29, 0.717) is 19.6 Å². The quantitative estimate of drug-likeness (QED) is 0.519. The first-order valence-corrected chi connectivity index (χ1v) is 9.22. The number of carbonyl (C=O) groups excluding carboxylic acids is 1. The third-order valence-corrected chi connectivity index (χ3v) is 4.94. The molecule has 3 aromatic rings. The minimum atomic E-state index is -0.368. The van der Waals surface area contributed by atoms with Gasteiger partial charge in [-0.15, -0.1) is 0 Å². The van der Waals surface area contributed by atoms with E-state index in [2.05, 4.69) is 53.1 Å². The molecule has 138 valence electrons. The van der Waals surface area contributed by atoms with Gasteiger partial charge in [0, 0.05) is 25.3 Å². The second-order valence-corrected chi connectivity index (χ2v) is 6.67. The topological polar surface area (TPSA) is 68.2 Å². The lowest BCUT2D eigenvalue weighted by molar-refractivity contribution is 0.202. The van der Waals surface area contributed by atoms with E-state index in [1.165, 1.54) is 11.1 Å². The van der Waals surface area contributed by atoms with Crippen LogP contribution >= 0.6 is 0 Å². The Labute approximate surface area is 164 Å². The van der Waals surface area contributed by atoms with E-state index in [0.717, 1.165) is 22.4 Å². The van der Waals surface area contributed by atoms with Gasteiger partial charge in [-0.05, 0) is 39.9 Å². The van der Waals surface area contributed by atoms with Gasteiger partial charge in [-0.25, -0.2) is 10.1 Å². The summed E-state index contributed by atoms with van der Waals surface area (Å²) in [5.41, 5.74) is 6.64. The first kappa shape index (κ1) is 17.6. The van der Waals surface area contributed by atoms with Crippen molar-refractivity contribution in [2.75, 3.05) is 18.4 Å². The van der Waals surface area contributed by atoms with Crippen LogP contribution in [-0.4, -0.2) is 24.0 Å². The molecule has 0 saturated carbocycles. The molecule has 0 radical (unpaired) electrons. The summed E-state index contributed by atoms with van der Waals surface area (Å²) >= 11 is 0. The number of rotatable bonds is 2. The summed E-state index contributed by atoms with van der Waals surface area (Å²) in [7, 11) is 0. The maximum atomic E-state index is 12.1. The Morgan fingerprint density at radius 1 is 0.964 bits per heavy atom. The lowest BCUT2D eigenvalue weighted by Gasteiger charge is -2.19. The van der Waals surface area contributed by atoms with Gasteiger partial charge in [0.1, 0.15) is 0 Å². The Balaban J connectivity index is 1.73.